The van der Waals surface area contributed by atoms with Gasteiger partial charge in [0.15, 0.2) is 0 Å². The van der Waals surface area contributed by atoms with Gasteiger partial charge >= 0.3 is 0 Å². The van der Waals surface area contributed by atoms with Gasteiger partial charge in [-0.3, -0.25) is 4.79 Å². The zero-order valence-electron chi connectivity index (χ0n) is 13.5. The summed E-state index contributed by atoms with van der Waals surface area (Å²) in [4.78, 5) is 14.2. The molecular formula is C18H27ClN2OS. The molecule has 0 aliphatic heterocycles. The number of carbonyl (C=O) groups excluding carboxylic acids is 1. The van der Waals surface area contributed by atoms with E-state index in [1.807, 2.05) is 18.2 Å². The van der Waals surface area contributed by atoms with Crippen LogP contribution in [0.1, 0.15) is 51.4 Å². The van der Waals surface area contributed by atoms with Gasteiger partial charge in [-0.1, -0.05) is 31.0 Å². The summed E-state index contributed by atoms with van der Waals surface area (Å²) >= 11 is 1.76. The van der Waals surface area contributed by atoms with Crippen LogP contribution < -0.4 is 11.1 Å². The number of halogens is 1. The van der Waals surface area contributed by atoms with E-state index in [0.29, 0.717) is 12.1 Å². The van der Waals surface area contributed by atoms with E-state index in [1.165, 1.54) is 4.90 Å². The highest BCUT2D eigenvalue weighted by atomic mass is 35.5. The summed E-state index contributed by atoms with van der Waals surface area (Å²) in [6.07, 6.45) is 8.41. The number of nitrogens with two attached hydrogens (primary N) is 1. The van der Waals surface area contributed by atoms with Crippen molar-refractivity contribution >= 4 is 30.1 Å². The number of hydrogen-bond donors (Lipinski definition) is 2. The van der Waals surface area contributed by atoms with Crippen LogP contribution in [0.15, 0.2) is 35.2 Å². The highest BCUT2D eigenvalue weighted by Crippen LogP contribution is 2.45. The maximum absolute atomic E-state index is 13.0. The van der Waals surface area contributed by atoms with Crippen LogP contribution in [0, 0.1) is 0 Å². The lowest BCUT2D eigenvalue weighted by Crippen LogP contribution is -2.48. The molecule has 1 amide bonds. The van der Waals surface area contributed by atoms with Gasteiger partial charge in [-0.25, -0.2) is 0 Å². The van der Waals surface area contributed by atoms with Gasteiger partial charge in [0.1, 0.15) is 0 Å². The number of carbonyl (C=O) groups is 1. The van der Waals surface area contributed by atoms with Crippen LogP contribution in [-0.4, -0.2) is 22.7 Å². The lowest BCUT2D eigenvalue weighted by molar-refractivity contribution is -0.124. The summed E-state index contributed by atoms with van der Waals surface area (Å²) in [5.41, 5.74) is 5.96. The predicted molar refractivity (Wildman–Crippen MR) is 99.1 cm³/mol. The largest absolute Gasteiger partial charge is 0.352 e. The minimum atomic E-state index is -0.263. The molecule has 0 radical (unpaired) electrons. The molecule has 2 aliphatic carbocycles. The smallest absolute Gasteiger partial charge is 0.236 e. The normalized spacial score (nSPS) is 26.3. The number of thioether (sulfide) groups is 1. The lowest BCUT2D eigenvalue weighted by Gasteiger charge is -2.32. The Balaban J connectivity index is 0.00000192. The number of amides is 1. The van der Waals surface area contributed by atoms with Crippen molar-refractivity contribution in [1.82, 2.24) is 5.32 Å². The Bertz CT molecular complexity index is 497. The summed E-state index contributed by atoms with van der Waals surface area (Å²) in [5, 5.41) is 3.33. The van der Waals surface area contributed by atoms with Gasteiger partial charge in [-0.15, -0.1) is 24.2 Å². The van der Waals surface area contributed by atoms with Crippen LogP contribution in [0.2, 0.25) is 0 Å². The first-order valence-corrected chi connectivity index (χ1v) is 9.30. The molecule has 3 nitrogen and oxygen atoms in total. The maximum atomic E-state index is 13.0. The molecule has 2 aliphatic rings. The van der Waals surface area contributed by atoms with E-state index in [0.717, 1.165) is 51.4 Å². The Morgan fingerprint density at radius 1 is 1.09 bits per heavy atom. The second-order valence-electron chi connectivity index (χ2n) is 6.70. The molecule has 3 rings (SSSR count). The van der Waals surface area contributed by atoms with Gasteiger partial charge in [0.2, 0.25) is 5.91 Å². The topological polar surface area (TPSA) is 55.1 Å². The molecule has 2 fully saturated rings. The summed E-state index contributed by atoms with van der Waals surface area (Å²) in [7, 11) is 0. The van der Waals surface area contributed by atoms with Gasteiger partial charge < -0.3 is 11.1 Å². The van der Waals surface area contributed by atoms with Gasteiger partial charge in [-0.05, 0) is 50.7 Å². The first kappa shape index (κ1) is 18.6. The van der Waals surface area contributed by atoms with Crippen molar-refractivity contribution in [3.8, 4) is 0 Å². The SMILES string of the molecule is Cl.NC1CCC(NC(=O)C2(Sc3ccccc3)CCCC2)CC1. The molecule has 0 saturated heterocycles. The number of hydrogen-bond acceptors (Lipinski definition) is 3. The van der Waals surface area contributed by atoms with Crippen molar-refractivity contribution in [2.75, 3.05) is 0 Å². The average molecular weight is 355 g/mol. The highest BCUT2D eigenvalue weighted by molar-refractivity contribution is 8.01. The third kappa shape index (κ3) is 4.65. The molecule has 0 spiro atoms. The molecule has 0 heterocycles. The lowest BCUT2D eigenvalue weighted by atomic mass is 9.91. The average Bonchev–Trinajstić information content (AvgIpc) is 3.00. The van der Waals surface area contributed by atoms with Crippen molar-refractivity contribution in [2.24, 2.45) is 5.73 Å². The van der Waals surface area contributed by atoms with E-state index in [1.54, 1.807) is 11.8 Å². The molecular weight excluding hydrogens is 328 g/mol. The molecule has 2 saturated carbocycles. The highest BCUT2D eigenvalue weighted by Gasteiger charge is 2.42. The minimum absolute atomic E-state index is 0. The Kier molecular flexibility index (Phi) is 6.81. The predicted octanol–water partition coefficient (Wildman–Crippen LogP) is 3.90. The molecule has 3 N–H and O–H groups in total. The quantitative estimate of drug-likeness (QED) is 0.862. The standard InChI is InChI=1S/C18H26N2OS.ClH/c19-14-8-10-15(11-9-14)20-17(21)18(12-4-5-13-18)22-16-6-2-1-3-7-16;/h1-3,6-7,14-15H,4-5,8-13,19H2,(H,20,21);1H. The third-order valence-corrected chi connectivity index (χ3v) is 6.48. The van der Waals surface area contributed by atoms with Crippen molar-refractivity contribution in [2.45, 2.75) is 73.1 Å². The molecule has 0 atom stereocenters. The van der Waals surface area contributed by atoms with Crippen molar-refractivity contribution < 1.29 is 4.79 Å². The fourth-order valence-electron chi connectivity index (χ4n) is 3.62. The van der Waals surface area contributed by atoms with E-state index in [4.69, 9.17) is 5.73 Å². The fourth-order valence-corrected chi connectivity index (χ4v) is 5.00. The maximum Gasteiger partial charge on any atom is 0.236 e. The van der Waals surface area contributed by atoms with Crippen LogP contribution in [0.5, 0.6) is 0 Å². The van der Waals surface area contributed by atoms with Gasteiger partial charge in [0.05, 0.1) is 4.75 Å². The fraction of sp³-hybridized carbons (Fsp3) is 0.611. The van der Waals surface area contributed by atoms with Gasteiger partial charge in [-0.2, -0.15) is 0 Å². The van der Waals surface area contributed by atoms with Crippen LogP contribution >= 0.6 is 24.2 Å². The number of benzene rings is 1. The second-order valence-corrected chi connectivity index (χ2v) is 8.16. The molecule has 128 valence electrons. The van der Waals surface area contributed by atoms with Gasteiger partial charge in [0, 0.05) is 17.0 Å². The van der Waals surface area contributed by atoms with Gasteiger partial charge in [0.25, 0.3) is 0 Å². The number of rotatable bonds is 4. The summed E-state index contributed by atoms with van der Waals surface area (Å²) < 4.78 is -0.263. The zero-order valence-corrected chi connectivity index (χ0v) is 15.1. The minimum Gasteiger partial charge on any atom is -0.352 e. The molecule has 1 aromatic rings. The van der Waals surface area contributed by atoms with E-state index in [2.05, 4.69) is 17.4 Å². The Hall–Kier alpha value is -0.710. The first-order valence-electron chi connectivity index (χ1n) is 8.49. The second kappa shape index (κ2) is 8.41. The van der Waals surface area contributed by atoms with Crippen molar-refractivity contribution in [1.29, 1.82) is 0 Å². The number of nitrogens with one attached hydrogen (secondary N) is 1. The summed E-state index contributed by atoms with van der Waals surface area (Å²) in [6, 6.07) is 11.0. The first-order chi connectivity index (χ1) is 10.7. The molecule has 0 bridgehead atoms. The van der Waals surface area contributed by atoms with Crippen LogP contribution in [0.25, 0.3) is 0 Å². The molecule has 0 unspecified atom stereocenters. The van der Waals surface area contributed by atoms with E-state index in [-0.39, 0.29) is 23.1 Å². The van der Waals surface area contributed by atoms with Crippen LogP contribution in [-0.2, 0) is 4.79 Å². The monoisotopic (exact) mass is 354 g/mol. The van der Waals surface area contributed by atoms with Crippen molar-refractivity contribution in [3.63, 3.8) is 0 Å². The third-order valence-electron chi connectivity index (χ3n) is 4.99. The van der Waals surface area contributed by atoms with Crippen LogP contribution in [0.3, 0.4) is 0 Å². The molecule has 5 heteroatoms. The zero-order chi connectivity index (χ0) is 15.4. The Labute approximate surface area is 149 Å². The summed E-state index contributed by atoms with van der Waals surface area (Å²) in [6.45, 7) is 0. The van der Waals surface area contributed by atoms with E-state index in [9.17, 15) is 4.79 Å². The molecule has 23 heavy (non-hydrogen) atoms. The van der Waals surface area contributed by atoms with E-state index >= 15 is 0 Å². The van der Waals surface area contributed by atoms with Crippen LogP contribution in [0.4, 0.5) is 0 Å². The van der Waals surface area contributed by atoms with Crippen molar-refractivity contribution in [3.05, 3.63) is 30.3 Å². The molecule has 1 aromatic carbocycles. The Morgan fingerprint density at radius 2 is 1.70 bits per heavy atom. The molecule has 0 aromatic heterocycles. The summed E-state index contributed by atoms with van der Waals surface area (Å²) in [5.74, 6) is 0.249. The Morgan fingerprint density at radius 3 is 2.30 bits per heavy atom. The van der Waals surface area contributed by atoms with E-state index < -0.39 is 0 Å².